The van der Waals surface area contributed by atoms with Crippen molar-refractivity contribution in [3.05, 3.63) is 71.5 Å². The molecule has 8 heteroatoms. The molecule has 148 valence electrons. The Balaban J connectivity index is 1.90. The van der Waals surface area contributed by atoms with Crippen molar-refractivity contribution in [1.82, 2.24) is 9.97 Å². The molecule has 0 bridgehead atoms. The lowest BCUT2D eigenvalue weighted by Gasteiger charge is -2.15. The molecular formula is C21H22N6O2. The van der Waals surface area contributed by atoms with Crippen molar-refractivity contribution in [2.45, 2.75) is 19.8 Å². The SMILES string of the molecule is CCCc1ccccc1Nc1cc(Nc2ccc(C(N)=O)cn2)ncc1C(N)=O. The summed E-state index contributed by atoms with van der Waals surface area (Å²) in [5.74, 6) is -0.190. The van der Waals surface area contributed by atoms with Crippen LogP contribution in [0.15, 0.2) is 54.9 Å². The fourth-order valence-electron chi connectivity index (χ4n) is 2.84. The van der Waals surface area contributed by atoms with Crippen LogP contribution in [0.25, 0.3) is 0 Å². The molecule has 0 saturated heterocycles. The molecule has 3 rings (SSSR count). The van der Waals surface area contributed by atoms with Crippen molar-refractivity contribution >= 4 is 34.8 Å². The summed E-state index contributed by atoms with van der Waals surface area (Å²) in [6.45, 7) is 2.11. The molecule has 6 N–H and O–H groups in total. The average Bonchev–Trinajstić information content (AvgIpc) is 2.70. The normalized spacial score (nSPS) is 10.4. The first kappa shape index (κ1) is 19.8. The number of anilines is 4. The molecular weight excluding hydrogens is 368 g/mol. The van der Waals surface area contributed by atoms with E-state index in [0.717, 1.165) is 24.1 Å². The minimum atomic E-state index is -0.580. The van der Waals surface area contributed by atoms with E-state index in [1.165, 1.54) is 12.4 Å². The van der Waals surface area contributed by atoms with Crippen LogP contribution in [0.1, 0.15) is 39.6 Å². The van der Waals surface area contributed by atoms with E-state index in [9.17, 15) is 9.59 Å². The van der Waals surface area contributed by atoms with Crippen molar-refractivity contribution < 1.29 is 9.59 Å². The third-order valence-corrected chi connectivity index (χ3v) is 4.28. The third-order valence-electron chi connectivity index (χ3n) is 4.28. The Morgan fingerprint density at radius 3 is 2.31 bits per heavy atom. The van der Waals surface area contributed by atoms with Gasteiger partial charge >= 0.3 is 0 Å². The molecule has 0 spiro atoms. The summed E-state index contributed by atoms with van der Waals surface area (Å²) in [5, 5.41) is 6.33. The molecule has 0 unspecified atom stereocenters. The van der Waals surface area contributed by atoms with Gasteiger partial charge in [-0.25, -0.2) is 9.97 Å². The summed E-state index contributed by atoms with van der Waals surface area (Å²) in [4.78, 5) is 31.4. The van der Waals surface area contributed by atoms with E-state index in [0.29, 0.717) is 22.9 Å². The van der Waals surface area contributed by atoms with Crippen LogP contribution in [-0.2, 0) is 6.42 Å². The lowest BCUT2D eigenvalue weighted by atomic mass is 10.1. The third kappa shape index (κ3) is 4.86. The molecule has 0 fully saturated rings. The summed E-state index contributed by atoms with van der Waals surface area (Å²) in [6.07, 6.45) is 4.69. The van der Waals surface area contributed by atoms with Crippen molar-refractivity contribution in [3.8, 4) is 0 Å². The summed E-state index contributed by atoms with van der Waals surface area (Å²) >= 11 is 0. The number of aryl methyl sites for hydroxylation is 1. The smallest absolute Gasteiger partial charge is 0.252 e. The predicted molar refractivity (Wildman–Crippen MR) is 113 cm³/mol. The van der Waals surface area contributed by atoms with Gasteiger partial charge in [0.05, 0.1) is 16.8 Å². The number of para-hydroxylation sites is 1. The number of rotatable bonds is 8. The number of hydrogen-bond acceptors (Lipinski definition) is 6. The molecule has 0 aliphatic heterocycles. The highest BCUT2D eigenvalue weighted by atomic mass is 16.1. The summed E-state index contributed by atoms with van der Waals surface area (Å²) in [6, 6.07) is 12.8. The topological polar surface area (TPSA) is 136 Å². The predicted octanol–water partition coefficient (Wildman–Crippen LogP) is 3.11. The maximum absolute atomic E-state index is 11.9. The van der Waals surface area contributed by atoms with Crippen LogP contribution >= 0.6 is 0 Å². The van der Waals surface area contributed by atoms with Gasteiger partial charge in [0.2, 0.25) is 5.91 Å². The second-order valence-corrected chi connectivity index (χ2v) is 6.43. The first-order valence-corrected chi connectivity index (χ1v) is 9.15. The number of primary amides is 2. The van der Waals surface area contributed by atoms with Crippen LogP contribution in [0.3, 0.4) is 0 Å². The molecule has 29 heavy (non-hydrogen) atoms. The Morgan fingerprint density at radius 1 is 0.897 bits per heavy atom. The van der Waals surface area contributed by atoms with E-state index in [4.69, 9.17) is 11.5 Å². The van der Waals surface area contributed by atoms with Crippen LogP contribution in [0.2, 0.25) is 0 Å². The van der Waals surface area contributed by atoms with Gasteiger partial charge in [-0.3, -0.25) is 9.59 Å². The maximum Gasteiger partial charge on any atom is 0.252 e. The summed E-state index contributed by atoms with van der Waals surface area (Å²) in [5.41, 5.74) is 13.9. The van der Waals surface area contributed by atoms with Crippen LogP contribution in [0, 0.1) is 0 Å². The van der Waals surface area contributed by atoms with Gasteiger partial charge < -0.3 is 22.1 Å². The molecule has 2 aromatic heterocycles. The highest BCUT2D eigenvalue weighted by molar-refractivity contribution is 5.99. The second kappa shape index (κ2) is 8.83. The zero-order valence-electron chi connectivity index (χ0n) is 16.0. The fourth-order valence-corrected chi connectivity index (χ4v) is 2.84. The zero-order chi connectivity index (χ0) is 20.8. The highest BCUT2D eigenvalue weighted by Gasteiger charge is 2.13. The highest BCUT2D eigenvalue weighted by Crippen LogP contribution is 2.27. The van der Waals surface area contributed by atoms with Crippen molar-refractivity contribution in [2.24, 2.45) is 11.5 Å². The number of pyridine rings is 2. The van der Waals surface area contributed by atoms with Gasteiger partial charge in [-0.15, -0.1) is 0 Å². The van der Waals surface area contributed by atoms with Crippen molar-refractivity contribution in [3.63, 3.8) is 0 Å². The first-order valence-electron chi connectivity index (χ1n) is 9.15. The number of benzene rings is 1. The molecule has 2 heterocycles. The second-order valence-electron chi connectivity index (χ2n) is 6.43. The molecule has 0 aliphatic rings. The number of amides is 2. The van der Waals surface area contributed by atoms with E-state index in [1.807, 2.05) is 24.3 Å². The minimum absolute atomic E-state index is 0.277. The van der Waals surface area contributed by atoms with Crippen LogP contribution in [-0.4, -0.2) is 21.8 Å². The van der Waals surface area contributed by atoms with E-state index in [-0.39, 0.29) is 5.56 Å². The van der Waals surface area contributed by atoms with Gasteiger partial charge in [0.25, 0.3) is 5.91 Å². The van der Waals surface area contributed by atoms with Gasteiger partial charge in [-0.05, 0) is 30.2 Å². The number of carbonyl (C=O) groups excluding carboxylic acids is 2. The minimum Gasteiger partial charge on any atom is -0.366 e. The van der Waals surface area contributed by atoms with Gasteiger partial charge in [-0.1, -0.05) is 31.5 Å². The molecule has 0 radical (unpaired) electrons. The van der Waals surface area contributed by atoms with E-state index in [1.54, 1.807) is 18.2 Å². The van der Waals surface area contributed by atoms with Crippen LogP contribution < -0.4 is 22.1 Å². The largest absolute Gasteiger partial charge is 0.366 e. The number of nitrogens with two attached hydrogens (primary N) is 2. The van der Waals surface area contributed by atoms with Gasteiger partial charge in [0.1, 0.15) is 11.6 Å². The molecule has 2 amide bonds. The summed E-state index contributed by atoms with van der Waals surface area (Å²) in [7, 11) is 0. The van der Waals surface area contributed by atoms with Crippen molar-refractivity contribution in [1.29, 1.82) is 0 Å². The van der Waals surface area contributed by atoms with Crippen molar-refractivity contribution in [2.75, 3.05) is 10.6 Å². The molecule has 8 nitrogen and oxygen atoms in total. The Morgan fingerprint density at radius 2 is 1.66 bits per heavy atom. The molecule has 0 aliphatic carbocycles. The van der Waals surface area contributed by atoms with Crippen LogP contribution in [0.5, 0.6) is 0 Å². The standard InChI is InChI=1S/C21H22N6O2/c1-2-5-13-6-3-4-7-16(13)26-17-10-19(25-12-15(17)21(23)29)27-18-9-8-14(11-24-18)20(22)28/h3-4,6-12H,2,5H2,1H3,(H2,22,28)(H2,23,29)(H2,24,25,26,27). The van der Waals surface area contributed by atoms with E-state index in [2.05, 4.69) is 27.5 Å². The monoisotopic (exact) mass is 390 g/mol. The van der Waals surface area contributed by atoms with Gasteiger partial charge in [0, 0.05) is 24.1 Å². The van der Waals surface area contributed by atoms with Crippen LogP contribution in [0.4, 0.5) is 23.0 Å². The number of nitrogens with one attached hydrogen (secondary N) is 2. The average molecular weight is 390 g/mol. The van der Waals surface area contributed by atoms with Gasteiger partial charge in [0.15, 0.2) is 0 Å². The molecule has 3 aromatic rings. The Kier molecular flexibility index (Phi) is 6.03. The number of aromatic nitrogens is 2. The Bertz CT molecular complexity index is 1030. The molecule has 0 saturated carbocycles. The number of nitrogens with zero attached hydrogens (tertiary/aromatic N) is 2. The van der Waals surface area contributed by atoms with E-state index >= 15 is 0 Å². The lowest BCUT2D eigenvalue weighted by molar-refractivity contribution is 0.0992. The number of carbonyl (C=O) groups is 2. The fraction of sp³-hybridized carbons (Fsp3) is 0.143. The maximum atomic E-state index is 11.9. The lowest BCUT2D eigenvalue weighted by Crippen LogP contribution is -2.14. The number of hydrogen-bond donors (Lipinski definition) is 4. The Labute approximate surface area is 168 Å². The molecule has 1 aromatic carbocycles. The Hall–Kier alpha value is -3.94. The molecule has 0 atom stereocenters. The quantitative estimate of drug-likeness (QED) is 0.466. The first-order chi connectivity index (χ1) is 14.0. The van der Waals surface area contributed by atoms with E-state index < -0.39 is 11.8 Å². The zero-order valence-corrected chi connectivity index (χ0v) is 16.0. The van der Waals surface area contributed by atoms with Gasteiger partial charge in [-0.2, -0.15) is 0 Å². The summed E-state index contributed by atoms with van der Waals surface area (Å²) < 4.78 is 0.